The topological polar surface area (TPSA) is 98.7 Å². The minimum absolute atomic E-state index is 0.149. The molecule has 1 aliphatic rings. The van der Waals surface area contributed by atoms with Crippen LogP contribution in [0.2, 0.25) is 0 Å². The molecule has 1 aromatic rings. The highest BCUT2D eigenvalue weighted by Crippen LogP contribution is 2.12. The second kappa shape index (κ2) is 5.05. The monoisotopic (exact) mass is 250 g/mol. The number of rotatable bonds is 3. The zero-order chi connectivity index (χ0) is 13.1. The van der Waals surface area contributed by atoms with Crippen LogP contribution in [0.25, 0.3) is 0 Å². The van der Waals surface area contributed by atoms with Gasteiger partial charge in [-0.1, -0.05) is 12.1 Å². The van der Waals surface area contributed by atoms with Crippen molar-refractivity contribution in [3.63, 3.8) is 0 Å². The number of aliphatic hydroxyl groups is 1. The van der Waals surface area contributed by atoms with Crippen molar-refractivity contribution in [2.24, 2.45) is 0 Å². The van der Waals surface area contributed by atoms with E-state index in [1.165, 1.54) is 12.1 Å². The highest BCUT2D eigenvalue weighted by atomic mass is 16.3. The van der Waals surface area contributed by atoms with E-state index in [0.29, 0.717) is 6.42 Å². The van der Waals surface area contributed by atoms with E-state index in [9.17, 15) is 9.59 Å². The fraction of sp³-hybridized carbons (Fsp3) is 0.333. The van der Waals surface area contributed by atoms with E-state index >= 15 is 0 Å². The molecule has 0 unspecified atom stereocenters. The number of phenolic OH excluding ortho intramolecular Hbond substituents is 1. The number of hydrogen-bond acceptors (Lipinski definition) is 4. The number of piperazine rings is 1. The summed E-state index contributed by atoms with van der Waals surface area (Å²) in [6.07, 6.45) is 0.343. The Kier molecular flexibility index (Phi) is 3.47. The van der Waals surface area contributed by atoms with Crippen molar-refractivity contribution in [2.75, 3.05) is 6.61 Å². The van der Waals surface area contributed by atoms with Gasteiger partial charge in [0.25, 0.3) is 0 Å². The zero-order valence-corrected chi connectivity index (χ0v) is 9.59. The largest absolute Gasteiger partial charge is 0.508 e. The molecular weight excluding hydrogens is 236 g/mol. The molecule has 2 amide bonds. The molecule has 0 aliphatic carbocycles. The number of carbonyl (C=O) groups is 2. The molecule has 6 nitrogen and oxygen atoms in total. The highest BCUT2D eigenvalue weighted by molar-refractivity contribution is 5.97. The minimum Gasteiger partial charge on any atom is -0.508 e. The predicted octanol–water partition coefficient (Wildman–Crippen LogP) is -1.09. The molecule has 0 aromatic heterocycles. The second-order valence-electron chi connectivity index (χ2n) is 4.18. The average molecular weight is 250 g/mol. The van der Waals surface area contributed by atoms with Crippen LogP contribution >= 0.6 is 0 Å². The van der Waals surface area contributed by atoms with Gasteiger partial charge in [-0.3, -0.25) is 9.59 Å². The maximum absolute atomic E-state index is 11.7. The van der Waals surface area contributed by atoms with Gasteiger partial charge in [0, 0.05) is 6.42 Å². The van der Waals surface area contributed by atoms with Crippen LogP contribution in [0.1, 0.15) is 5.56 Å². The smallest absolute Gasteiger partial charge is 0.245 e. The number of carbonyl (C=O) groups excluding carboxylic acids is 2. The van der Waals surface area contributed by atoms with E-state index in [4.69, 9.17) is 10.2 Å². The second-order valence-corrected chi connectivity index (χ2v) is 4.18. The number of amides is 2. The third kappa shape index (κ3) is 2.60. The summed E-state index contributed by atoms with van der Waals surface area (Å²) >= 11 is 0. The van der Waals surface area contributed by atoms with Gasteiger partial charge in [0.2, 0.25) is 11.8 Å². The lowest BCUT2D eigenvalue weighted by Crippen LogP contribution is -2.63. The normalized spacial score (nSPS) is 23.4. The molecule has 96 valence electrons. The van der Waals surface area contributed by atoms with Gasteiger partial charge in [0.1, 0.15) is 17.8 Å². The predicted molar refractivity (Wildman–Crippen MR) is 62.8 cm³/mol. The van der Waals surface area contributed by atoms with Crippen molar-refractivity contribution in [2.45, 2.75) is 18.5 Å². The molecule has 18 heavy (non-hydrogen) atoms. The lowest BCUT2D eigenvalue weighted by molar-refractivity contribution is -0.137. The van der Waals surface area contributed by atoms with Crippen LogP contribution in [0.3, 0.4) is 0 Å². The molecule has 0 radical (unpaired) electrons. The van der Waals surface area contributed by atoms with E-state index in [2.05, 4.69) is 10.6 Å². The van der Waals surface area contributed by atoms with Crippen LogP contribution in [-0.2, 0) is 16.0 Å². The van der Waals surface area contributed by atoms with E-state index < -0.39 is 18.7 Å². The van der Waals surface area contributed by atoms with Gasteiger partial charge in [0.05, 0.1) is 6.61 Å². The van der Waals surface area contributed by atoms with Crippen molar-refractivity contribution >= 4 is 11.8 Å². The molecule has 2 rings (SSSR count). The standard InChI is InChI=1S/C12H14N2O4/c15-6-10-12(18)13-9(11(17)14-10)5-7-1-3-8(16)4-2-7/h1-4,9-10,15-16H,5-6H2,(H,13,18)(H,14,17)/t9-,10+/m1/s1. The van der Waals surface area contributed by atoms with Crippen LogP contribution in [-0.4, -0.2) is 40.7 Å². The van der Waals surface area contributed by atoms with Crippen molar-refractivity contribution < 1.29 is 19.8 Å². The lowest BCUT2D eigenvalue weighted by atomic mass is 10.0. The quantitative estimate of drug-likeness (QED) is 0.548. The third-order valence-corrected chi connectivity index (χ3v) is 2.82. The van der Waals surface area contributed by atoms with Gasteiger partial charge >= 0.3 is 0 Å². The Morgan fingerprint density at radius 2 is 1.56 bits per heavy atom. The molecule has 0 spiro atoms. The van der Waals surface area contributed by atoms with E-state index in [0.717, 1.165) is 5.56 Å². The van der Waals surface area contributed by atoms with Crippen LogP contribution in [0.4, 0.5) is 0 Å². The Labute approximate surface area is 104 Å². The molecule has 6 heteroatoms. The van der Waals surface area contributed by atoms with Crippen LogP contribution in [0.15, 0.2) is 24.3 Å². The van der Waals surface area contributed by atoms with Gasteiger partial charge < -0.3 is 20.8 Å². The molecule has 4 N–H and O–H groups in total. The molecule has 1 heterocycles. The number of nitrogens with one attached hydrogen (secondary N) is 2. The summed E-state index contributed by atoms with van der Waals surface area (Å²) in [7, 11) is 0. The fourth-order valence-corrected chi connectivity index (χ4v) is 1.82. The van der Waals surface area contributed by atoms with Crippen molar-refractivity contribution in [1.82, 2.24) is 10.6 Å². The Balaban J connectivity index is 2.04. The lowest BCUT2D eigenvalue weighted by Gasteiger charge is -2.28. The van der Waals surface area contributed by atoms with E-state index in [-0.39, 0.29) is 17.6 Å². The van der Waals surface area contributed by atoms with Gasteiger partial charge in [0.15, 0.2) is 0 Å². The zero-order valence-electron chi connectivity index (χ0n) is 9.59. The van der Waals surface area contributed by atoms with Crippen molar-refractivity contribution in [1.29, 1.82) is 0 Å². The maximum atomic E-state index is 11.7. The summed E-state index contributed by atoms with van der Waals surface area (Å²) in [5.41, 5.74) is 0.829. The van der Waals surface area contributed by atoms with E-state index in [1.807, 2.05) is 0 Å². The number of aliphatic hydroxyl groups excluding tert-OH is 1. The summed E-state index contributed by atoms with van der Waals surface area (Å²) in [6, 6.07) is 4.90. The Bertz CT molecular complexity index is 458. The van der Waals surface area contributed by atoms with Gasteiger partial charge in [-0.05, 0) is 17.7 Å². The molecule has 1 saturated heterocycles. The number of benzene rings is 1. The third-order valence-electron chi connectivity index (χ3n) is 2.82. The van der Waals surface area contributed by atoms with Crippen LogP contribution in [0.5, 0.6) is 5.75 Å². The highest BCUT2D eigenvalue weighted by Gasteiger charge is 2.32. The Morgan fingerprint density at radius 1 is 1.00 bits per heavy atom. The molecule has 1 fully saturated rings. The first-order valence-electron chi connectivity index (χ1n) is 5.59. The number of aromatic hydroxyl groups is 1. The minimum atomic E-state index is -0.867. The number of phenols is 1. The first kappa shape index (κ1) is 12.4. The van der Waals surface area contributed by atoms with Crippen LogP contribution in [0, 0.1) is 0 Å². The molecule has 2 atom stereocenters. The Hall–Kier alpha value is -2.08. The molecule has 1 aliphatic heterocycles. The summed E-state index contributed by atoms with van der Waals surface area (Å²) in [5, 5.41) is 23.0. The summed E-state index contributed by atoms with van der Waals surface area (Å²) in [4.78, 5) is 23.2. The average Bonchev–Trinajstić information content (AvgIpc) is 2.36. The molecule has 0 saturated carbocycles. The summed E-state index contributed by atoms with van der Waals surface area (Å²) in [6.45, 7) is -0.413. The van der Waals surface area contributed by atoms with Crippen LogP contribution < -0.4 is 10.6 Å². The SMILES string of the molecule is O=C1N[C@H](Cc2ccc(O)cc2)C(=O)N[C@H]1CO. The first-order valence-corrected chi connectivity index (χ1v) is 5.59. The van der Waals surface area contributed by atoms with Gasteiger partial charge in [-0.15, -0.1) is 0 Å². The Morgan fingerprint density at radius 3 is 2.17 bits per heavy atom. The summed E-state index contributed by atoms with van der Waals surface area (Å²) in [5.74, 6) is -0.557. The molecule has 0 bridgehead atoms. The fourth-order valence-electron chi connectivity index (χ4n) is 1.82. The number of hydrogen-bond donors (Lipinski definition) is 4. The van der Waals surface area contributed by atoms with Crippen molar-refractivity contribution in [3.05, 3.63) is 29.8 Å². The van der Waals surface area contributed by atoms with E-state index in [1.54, 1.807) is 12.1 Å². The summed E-state index contributed by atoms with van der Waals surface area (Å²) < 4.78 is 0. The van der Waals surface area contributed by atoms with Gasteiger partial charge in [-0.25, -0.2) is 0 Å². The molecule has 1 aromatic carbocycles. The van der Waals surface area contributed by atoms with Crippen molar-refractivity contribution in [3.8, 4) is 5.75 Å². The molecular formula is C12H14N2O4. The van der Waals surface area contributed by atoms with Gasteiger partial charge in [-0.2, -0.15) is 0 Å². The maximum Gasteiger partial charge on any atom is 0.245 e. The first-order chi connectivity index (χ1) is 8.60.